The number of phosphoric acid groups is 1. The fraction of sp³-hybridized carbons (Fsp3) is 0.625. The highest BCUT2D eigenvalue weighted by atomic mass is 31.2. The van der Waals surface area contributed by atoms with E-state index >= 15 is 0 Å². The summed E-state index contributed by atoms with van der Waals surface area (Å²) in [6.07, 6.45) is 51.7. The maximum absolute atomic E-state index is 12.7. The fourth-order valence-electron chi connectivity index (χ4n) is 5.23. The molecule has 0 bridgehead atoms. The molecule has 0 spiro atoms. The number of quaternary nitrogens is 1. The summed E-state index contributed by atoms with van der Waals surface area (Å²) in [5.74, 6) is -0.868. The van der Waals surface area contributed by atoms with Crippen LogP contribution in [-0.4, -0.2) is 74.9 Å². The highest BCUT2D eigenvalue weighted by molar-refractivity contribution is 7.47. The summed E-state index contributed by atoms with van der Waals surface area (Å²) < 4.78 is 34.2. The van der Waals surface area contributed by atoms with Crippen molar-refractivity contribution in [2.45, 2.75) is 148 Å². The molecule has 58 heavy (non-hydrogen) atoms. The Morgan fingerprint density at radius 1 is 0.534 bits per heavy atom. The van der Waals surface area contributed by atoms with Gasteiger partial charge in [0.2, 0.25) is 0 Å². The molecule has 0 aromatic heterocycles. The van der Waals surface area contributed by atoms with Crippen LogP contribution in [-0.2, 0) is 32.7 Å². The molecule has 1 unspecified atom stereocenters. The Labute approximate surface area is 353 Å². The van der Waals surface area contributed by atoms with Crippen LogP contribution < -0.4 is 0 Å². The van der Waals surface area contributed by atoms with E-state index in [1.165, 1.54) is 0 Å². The van der Waals surface area contributed by atoms with Crippen molar-refractivity contribution in [2.24, 2.45) is 0 Å². The molecule has 0 saturated heterocycles. The van der Waals surface area contributed by atoms with Gasteiger partial charge < -0.3 is 18.9 Å². The van der Waals surface area contributed by atoms with Crippen LogP contribution in [0.15, 0.2) is 97.2 Å². The number of hydrogen-bond acceptors (Lipinski definition) is 7. The van der Waals surface area contributed by atoms with Crippen LogP contribution in [0.3, 0.4) is 0 Å². The number of carbonyl (C=O) groups is 2. The summed E-state index contributed by atoms with van der Waals surface area (Å²) >= 11 is 0. The minimum atomic E-state index is -4.39. The summed E-state index contributed by atoms with van der Waals surface area (Å²) in [5, 5.41) is 0. The quantitative estimate of drug-likeness (QED) is 0.0215. The summed E-state index contributed by atoms with van der Waals surface area (Å²) in [7, 11) is 1.42. The number of carbonyl (C=O) groups excluding carboxylic acids is 2. The number of nitrogens with zero attached hydrogens (tertiary/aromatic N) is 1. The molecule has 0 heterocycles. The number of ether oxygens (including phenoxy) is 2. The lowest BCUT2D eigenvalue weighted by Gasteiger charge is -2.24. The molecule has 0 aliphatic rings. The smallest absolute Gasteiger partial charge is 0.462 e. The van der Waals surface area contributed by atoms with Gasteiger partial charge in [-0.3, -0.25) is 18.6 Å². The largest absolute Gasteiger partial charge is 0.472 e. The summed E-state index contributed by atoms with van der Waals surface area (Å²) in [5.41, 5.74) is 0. The highest BCUT2D eigenvalue weighted by Crippen LogP contribution is 2.43. The lowest BCUT2D eigenvalue weighted by atomic mass is 10.1. The van der Waals surface area contributed by atoms with E-state index in [0.29, 0.717) is 23.9 Å². The van der Waals surface area contributed by atoms with Crippen molar-refractivity contribution in [1.82, 2.24) is 0 Å². The topological polar surface area (TPSA) is 108 Å². The maximum atomic E-state index is 12.7. The number of unbranched alkanes of at least 4 members (excludes halogenated alkanes) is 8. The fourth-order valence-corrected chi connectivity index (χ4v) is 5.97. The molecule has 330 valence electrons. The number of rotatable bonds is 38. The van der Waals surface area contributed by atoms with E-state index in [9.17, 15) is 19.0 Å². The summed E-state index contributed by atoms with van der Waals surface area (Å²) in [4.78, 5) is 35.4. The van der Waals surface area contributed by atoms with Gasteiger partial charge in [-0.2, -0.15) is 0 Å². The Balaban J connectivity index is 4.47. The Hall–Kier alpha value is -3.07. The zero-order chi connectivity index (χ0) is 42.8. The first-order valence-electron chi connectivity index (χ1n) is 22.0. The van der Waals surface area contributed by atoms with E-state index in [4.69, 9.17) is 18.5 Å². The number of phosphoric ester groups is 1. The molecular weight excluding hydrogens is 750 g/mol. The van der Waals surface area contributed by atoms with E-state index < -0.39 is 32.5 Å². The Morgan fingerprint density at radius 2 is 0.931 bits per heavy atom. The number of likely N-dealkylation sites (N-methyl/N-ethyl adjacent to an activating group) is 1. The minimum Gasteiger partial charge on any atom is -0.462 e. The molecule has 0 amide bonds. The molecule has 0 fully saturated rings. The van der Waals surface area contributed by atoms with Gasteiger partial charge in [-0.1, -0.05) is 137 Å². The Morgan fingerprint density at radius 3 is 1.40 bits per heavy atom. The average molecular weight is 831 g/mol. The van der Waals surface area contributed by atoms with Gasteiger partial charge in [0, 0.05) is 12.8 Å². The Bertz CT molecular complexity index is 1300. The van der Waals surface area contributed by atoms with Crippen molar-refractivity contribution in [3.05, 3.63) is 97.2 Å². The van der Waals surface area contributed by atoms with Crippen LogP contribution in [0.25, 0.3) is 0 Å². The van der Waals surface area contributed by atoms with E-state index in [1.54, 1.807) is 0 Å². The van der Waals surface area contributed by atoms with Gasteiger partial charge >= 0.3 is 19.8 Å². The van der Waals surface area contributed by atoms with Gasteiger partial charge in [-0.05, 0) is 89.9 Å². The van der Waals surface area contributed by atoms with Gasteiger partial charge in [0.05, 0.1) is 27.7 Å². The van der Waals surface area contributed by atoms with Crippen LogP contribution in [0.2, 0.25) is 0 Å². The molecule has 2 atom stereocenters. The van der Waals surface area contributed by atoms with E-state index in [-0.39, 0.29) is 26.1 Å². The van der Waals surface area contributed by atoms with Crippen LogP contribution in [0.5, 0.6) is 0 Å². The third-order valence-corrected chi connectivity index (χ3v) is 9.59. The van der Waals surface area contributed by atoms with Crippen molar-refractivity contribution >= 4 is 19.8 Å². The van der Waals surface area contributed by atoms with Gasteiger partial charge in [0.25, 0.3) is 0 Å². The van der Waals surface area contributed by atoms with E-state index in [0.717, 1.165) is 103 Å². The molecule has 0 radical (unpaired) electrons. The number of esters is 2. The lowest BCUT2D eigenvalue weighted by molar-refractivity contribution is -0.870. The number of allylic oxidation sites excluding steroid dienone is 16. The molecule has 0 aromatic carbocycles. The summed E-state index contributed by atoms with van der Waals surface area (Å²) in [6, 6.07) is 0. The van der Waals surface area contributed by atoms with Crippen LogP contribution in [0, 0.1) is 0 Å². The zero-order valence-corrected chi connectivity index (χ0v) is 37.9. The molecule has 10 heteroatoms. The van der Waals surface area contributed by atoms with Gasteiger partial charge in [-0.25, -0.2) is 4.57 Å². The standard InChI is InChI=1S/C48H80NO8P/c1-6-8-10-12-14-16-18-20-22-23-24-25-27-28-30-32-34-36-38-40-47(50)54-44-46(45-56-58(52,53)55-43-42-49(3,4)5)57-48(51)41-39-37-35-33-31-29-26-21-19-17-15-13-11-9-7-2/h8-11,14-17,20-22,24-26,28,30,46H,6-7,12-13,18-19,23,27,29,31-45H2,1-5H3/p+1/b10-8+,11-9+,16-14+,17-15+,22-20+,25-24+,26-21+,30-28+/t46-/m1/s1. The molecule has 0 aliphatic heterocycles. The van der Waals surface area contributed by atoms with Gasteiger partial charge in [-0.15, -0.1) is 0 Å². The minimum absolute atomic E-state index is 0.0165. The molecule has 1 N–H and O–H groups in total. The second kappa shape index (κ2) is 39.4. The predicted molar refractivity (Wildman–Crippen MR) is 242 cm³/mol. The maximum Gasteiger partial charge on any atom is 0.472 e. The third-order valence-electron chi connectivity index (χ3n) is 8.61. The van der Waals surface area contributed by atoms with Crippen molar-refractivity contribution in [1.29, 1.82) is 0 Å². The SMILES string of the molecule is CC/C=C/C/C=C/C/C=C/C/C=C/C/C=C/CCCCCC(=O)OC[C@H](COP(=O)(O)OCC[N+](C)(C)C)OC(=O)CCCCCCC/C=C/C/C=C/C/C=C/CC. The van der Waals surface area contributed by atoms with Crippen molar-refractivity contribution in [3.63, 3.8) is 0 Å². The molecule has 0 saturated carbocycles. The highest BCUT2D eigenvalue weighted by Gasteiger charge is 2.27. The van der Waals surface area contributed by atoms with Crippen molar-refractivity contribution in [2.75, 3.05) is 47.5 Å². The molecule has 0 aromatic rings. The van der Waals surface area contributed by atoms with Crippen LogP contribution in [0.1, 0.15) is 142 Å². The van der Waals surface area contributed by atoms with Crippen LogP contribution in [0.4, 0.5) is 0 Å². The number of hydrogen-bond donors (Lipinski definition) is 1. The zero-order valence-electron chi connectivity index (χ0n) is 37.0. The monoisotopic (exact) mass is 831 g/mol. The van der Waals surface area contributed by atoms with Crippen molar-refractivity contribution in [3.8, 4) is 0 Å². The normalized spacial score (nSPS) is 14.5. The first kappa shape index (κ1) is 54.9. The molecule has 0 aliphatic carbocycles. The van der Waals surface area contributed by atoms with Gasteiger partial charge in [0.1, 0.15) is 19.8 Å². The van der Waals surface area contributed by atoms with Crippen molar-refractivity contribution < 1.29 is 42.1 Å². The first-order valence-corrected chi connectivity index (χ1v) is 23.5. The molecule has 0 rings (SSSR count). The lowest BCUT2D eigenvalue weighted by Crippen LogP contribution is -2.37. The van der Waals surface area contributed by atoms with Gasteiger partial charge in [0.15, 0.2) is 6.10 Å². The predicted octanol–water partition coefficient (Wildman–Crippen LogP) is 12.6. The average Bonchev–Trinajstić information content (AvgIpc) is 3.17. The Kier molecular flexibility index (Phi) is 37.3. The first-order chi connectivity index (χ1) is 28.0. The molecular formula is C48H81NO8P+. The second-order valence-electron chi connectivity index (χ2n) is 15.3. The molecule has 9 nitrogen and oxygen atoms in total. The summed E-state index contributed by atoms with van der Waals surface area (Å²) in [6.45, 7) is 4.11. The van der Waals surface area contributed by atoms with E-state index in [2.05, 4.69) is 111 Å². The second-order valence-corrected chi connectivity index (χ2v) is 16.8. The third kappa shape index (κ3) is 42.5. The van der Waals surface area contributed by atoms with Crippen LogP contribution >= 0.6 is 7.82 Å². The van der Waals surface area contributed by atoms with E-state index in [1.807, 2.05) is 21.1 Å².